The first-order valence-electron chi connectivity index (χ1n) is 6.52. The van der Waals surface area contributed by atoms with E-state index in [2.05, 4.69) is 10.1 Å². The van der Waals surface area contributed by atoms with Gasteiger partial charge in [0.2, 0.25) is 10.0 Å². The zero-order valence-corrected chi connectivity index (χ0v) is 11.9. The second-order valence-corrected chi connectivity index (χ2v) is 6.86. The van der Waals surface area contributed by atoms with Crippen LogP contribution in [-0.4, -0.2) is 42.0 Å². The van der Waals surface area contributed by atoms with Crippen molar-refractivity contribution in [3.63, 3.8) is 0 Å². The van der Waals surface area contributed by atoms with E-state index in [0.29, 0.717) is 42.7 Å². The summed E-state index contributed by atoms with van der Waals surface area (Å²) in [5, 5.41) is 4.53. The molecule has 1 saturated heterocycles. The molecule has 2 N–H and O–H groups in total. The second kappa shape index (κ2) is 4.80. The Bertz CT molecular complexity index is 740. The fourth-order valence-corrected chi connectivity index (χ4v) is 3.86. The monoisotopic (exact) mass is 296 g/mol. The number of hydrogen-bond donors (Lipinski definition) is 1. The molecule has 2 aromatic rings. The first kappa shape index (κ1) is 13.5. The average molecular weight is 296 g/mol. The maximum Gasteiger partial charge on any atom is 0.258 e. The summed E-state index contributed by atoms with van der Waals surface area (Å²) in [4.78, 5) is 4.20. The van der Waals surface area contributed by atoms with Gasteiger partial charge in [-0.05, 0) is 18.9 Å². The molecule has 0 amide bonds. The molecule has 1 atom stereocenters. The van der Waals surface area contributed by atoms with Crippen molar-refractivity contribution >= 4 is 21.1 Å². The van der Waals surface area contributed by atoms with Gasteiger partial charge >= 0.3 is 0 Å². The summed E-state index contributed by atoms with van der Waals surface area (Å²) < 4.78 is 31.5. The third-order valence-corrected chi connectivity index (χ3v) is 5.37. The van der Waals surface area contributed by atoms with Gasteiger partial charge in [-0.1, -0.05) is 12.1 Å². The van der Waals surface area contributed by atoms with E-state index >= 15 is 0 Å². The van der Waals surface area contributed by atoms with E-state index in [9.17, 15) is 8.42 Å². The lowest BCUT2D eigenvalue weighted by molar-refractivity contribution is 0.439. The third-order valence-electron chi connectivity index (χ3n) is 3.54. The Morgan fingerprint density at radius 2 is 2.35 bits per heavy atom. The van der Waals surface area contributed by atoms with Crippen LogP contribution >= 0.6 is 0 Å². The van der Waals surface area contributed by atoms with Crippen LogP contribution in [0.1, 0.15) is 19.0 Å². The van der Waals surface area contributed by atoms with E-state index in [-0.39, 0.29) is 10.9 Å². The molecule has 108 valence electrons. The fourth-order valence-electron chi connectivity index (χ4n) is 2.38. The highest BCUT2D eigenvalue weighted by Crippen LogP contribution is 2.24. The van der Waals surface area contributed by atoms with E-state index in [0.717, 1.165) is 0 Å². The number of aryl methyl sites for hydroxylation is 1. The number of pyridine rings is 1. The molecule has 8 heteroatoms. The smallest absolute Gasteiger partial charge is 0.258 e. The highest BCUT2D eigenvalue weighted by molar-refractivity contribution is 7.89. The van der Waals surface area contributed by atoms with Crippen molar-refractivity contribution in [3.8, 4) is 0 Å². The second-order valence-electron chi connectivity index (χ2n) is 4.92. The molecule has 1 fully saturated rings. The summed E-state index contributed by atoms with van der Waals surface area (Å²) in [5.74, 6) is 0. The molecular formula is C12H16N4O3S. The molecule has 0 aromatic carbocycles. The van der Waals surface area contributed by atoms with Crippen LogP contribution in [0.5, 0.6) is 0 Å². The van der Waals surface area contributed by atoms with Gasteiger partial charge in [0.1, 0.15) is 4.90 Å². The molecule has 2 aromatic heterocycles. The van der Waals surface area contributed by atoms with Crippen LogP contribution in [0, 0.1) is 0 Å². The molecule has 3 heterocycles. The maximum atomic E-state index is 12.5. The van der Waals surface area contributed by atoms with Crippen molar-refractivity contribution in [2.75, 3.05) is 13.1 Å². The van der Waals surface area contributed by atoms with E-state index in [1.165, 1.54) is 10.5 Å². The summed E-state index contributed by atoms with van der Waals surface area (Å²) in [6, 6.07) is 1.49. The summed E-state index contributed by atoms with van der Waals surface area (Å²) in [6.07, 6.45) is 2.65. The van der Waals surface area contributed by atoms with Crippen LogP contribution in [0.3, 0.4) is 0 Å². The minimum atomic E-state index is -3.54. The molecule has 0 saturated carbocycles. The summed E-state index contributed by atoms with van der Waals surface area (Å²) >= 11 is 0. The molecule has 0 spiro atoms. The van der Waals surface area contributed by atoms with Crippen LogP contribution in [-0.2, 0) is 16.4 Å². The molecule has 7 nitrogen and oxygen atoms in total. The Morgan fingerprint density at radius 1 is 1.55 bits per heavy atom. The topological polar surface area (TPSA) is 102 Å². The van der Waals surface area contributed by atoms with Gasteiger partial charge in [0.15, 0.2) is 0 Å². The predicted octanol–water partition coefficient (Wildman–Crippen LogP) is 0.507. The van der Waals surface area contributed by atoms with Crippen molar-refractivity contribution in [1.82, 2.24) is 14.4 Å². The first-order chi connectivity index (χ1) is 9.52. The normalized spacial score (nSPS) is 20.8. The van der Waals surface area contributed by atoms with E-state index in [1.54, 1.807) is 6.07 Å². The van der Waals surface area contributed by atoms with Crippen LogP contribution in [0.4, 0.5) is 0 Å². The third kappa shape index (κ3) is 2.09. The van der Waals surface area contributed by atoms with E-state index < -0.39 is 10.0 Å². The molecule has 3 rings (SSSR count). The lowest BCUT2D eigenvalue weighted by atomic mass is 10.2. The number of nitrogens with two attached hydrogens (primary N) is 1. The lowest BCUT2D eigenvalue weighted by Crippen LogP contribution is -2.32. The van der Waals surface area contributed by atoms with Crippen LogP contribution in [0.15, 0.2) is 21.7 Å². The van der Waals surface area contributed by atoms with Crippen molar-refractivity contribution in [3.05, 3.63) is 18.0 Å². The maximum absolute atomic E-state index is 12.5. The van der Waals surface area contributed by atoms with Gasteiger partial charge in [0.25, 0.3) is 5.71 Å². The quantitative estimate of drug-likeness (QED) is 0.885. The Morgan fingerprint density at radius 3 is 3.00 bits per heavy atom. The fraction of sp³-hybridized carbons (Fsp3) is 0.500. The summed E-state index contributed by atoms with van der Waals surface area (Å²) in [6.45, 7) is 2.73. The van der Waals surface area contributed by atoms with Gasteiger partial charge in [-0.25, -0.2) is 13.4 Å². The van der Waals surface area contributed by atoms with E-state index in [1.807, 2.05) is 6.92 Å². The molecule has 1 aliphatic heterocycles. The Balaban J connectivity index is 2.05. The standard InChI is InChI=1S/C12H16N4O3S/c1-2-11-10-5-9(6-14-12(10)19-15-11)20(17,18)16-4-3-8(13)7-16/h5-6,8H,2-4,7,13H2,1H3/t8-/m1/s1. The highest BCUT2D eigenvalue weighted by atomic mass is 32.2. The molecule has 1 aliphatic rings. The van der Waals surface area contributed by atoms with Gasteiger partial charge < -0.3 is 10.3 Å². The number of sulfonamides is 1. The average Bonchev–Trinajstić information content (AvgIpc) is 3.04. The largest absolute Gasteiger partial charge is 0.336 e. The molecule has 0 bridgehead atoms. The zero-order valence-electron chi connectivity index (χ0n) is 11.1. The predicted molar refractivity (Wildman–Crippen MR) is 72.5 cm³/mol. The van der Waals surface area contributed by atoms with Crippen molar-refractivity contribution < 1.29 is 12.9 Å². The van der Waals surface area contributed by atoms with Crippen molar-refractivity contribution in [2.24, 2.45) is 5.73 Å². The number of aromatic nitrogens is 2. The first-order valence-corrected chi connectivity index (χ1v) is 7.96. The van der Waals surface area contributed by atoms with Gasteiger partial charge in [-0.15, -0.1) is 0 Å². The van der Waals surface area contributed by atoms with E-state index in [4.69, 9.17) is 10.3 Å². The van der Waals surface area contributed by atoms with Gasteiger partial charge in [-0.2, -0.15) is 4.31 Å². The minimum Gasteiger partial charge on any atom is -0.336 e. The van der Waals surface area contributed by atoms with Crippen LogP contribution in [0.2, 0.25) is 0 Å². The van der Waals surface area contributed by atoms with Gasteiger partial charge in [0, 0.05) is 19.1 Å². The van der Waals surface area contributed by atoms with Crippen molar-refractivity contribution in [1.29, 1.82) is 0 Å². The summed E-state index contributed by atoms with van der Waals surface area (Å²) in [7, 11) is -3.54. The lowest BCUT2D eigenvalue weighted by Gasteiger charge is -2.15. The number of hydrogen-bond acceptors (Lipinski definition) is 6. The van der Waals surface area contributed by atoms with Gasteiger partial charge in [0.05, 0.1) is 17.3 Å². The van der Waals surface area contributed by atoms with Crippen LogP contribution < -0.4 is 5.73 Å². The Labute approximate surface area is 116 Å². The highest BCUT2D eigenvalue weighted by Gasteiger charge is 2.31. The molecule has 0 unspecified atom stereocenters. The summed E-state index contributed by atoms with van der Waals surface area (Å²) in [5.41, 5.74) is 6.84. The SMILES string of the molecule is CCc1noc2ncc(S(=O)(=O)N3CC[C@@H](N)C3)cc12. The van der Waals surface area contributed by atoms with Gasteiger partial charge in [-0.3, -0.25) is 0 Å². The zero-order chi connectivity index (χ0) is 14.3. The molecule has 0 aliphatic carbocycles. The van der Waals surface area contributed by atoms with Crippen LogP contribution in [0.25, 0.3) is 11.1 Å². The molecular weight excluding hydrogens is 280 g/mol. The Kier molecular flexibility index (Phi) is 3.23. The number of rotatable bonds is 3. The van der Waals surface area contributed by atoms with Crippen molar-refractivity contribution in [2.45, 2.75) is 30.7 Å². The number of nitrogens with zero attached hydrogens (tertiary/aromatic N) is 3. The molecule has 0 radical (unpaired) electrons. The number of fused-ring (bicyclic) bond motifs is 1. The minimum absolute atomic E-state index is 0.0942. The molecule has 20 heavy (non-hydrogen) atoms. The Hall–Kier alpha value is -1.51.